The zero-order valence-corrected chi connectivity index (χ0v) is 23.2. The van der Waals surface area contributed by atoms with Crippen LogP contribution in [0.25, 0.3) is 23.0 Å². The highest BCUT2D eigenvalue weighted by atomic mass is 16.5. The molecule has 7 nitrogen and oxygen atoms in total. The third-order valence-electron chi connectivity index (χ3n) is 6.79. The predicted molar refractivity (Wildman–Crippen MR) is 158 cm³/mol. The molecule has 2 amide bonds. The Morgan fingerprint density at radius 3 is 2.34 bits per heavy atom. The van der Waals surface area contributed by atoms with Gasteiger partial charge in [-0.15, -0.1) is 0 Å². The number of aromatic nitrogens is 2. The van der Waals surface area contributed by atoms with E-state index in [-0.39, 0.29) is 18.0 Å². The standard InChI is InChI=1S/C34H30N4O3/c1-23(2)20-37-33(39)30(24(3)31(19-35)34(37)40)18-27-21-38(28-14-8-5-9-15-28)36-32(27)26-13-10-16-29(17-26)41-22-25-11-6-4-7-12-25/h4-18,21,23H,20,22H2,1-3H3/b30-18+. The highest BCUT2D eigenvalue weighted by Crippen LogP contribution is 2.32. The maximum Gasteiger partial charge on any atom is 0.271 e. The van der Waals surface area contributed by atoms with Crippen LogP contribution in [-0.4, -0.2) is 33.0 Å². The predicted octanol–water partition coefficient (Wildman–Crippen LogP) is 6.37. The molecule has 2 heterocycles. The summed E-state index contributed by atoms with van der Waals surface area (Å²) in [7, 11) is 0. The van der Waals surface area contributed by atoms with Crippen molar-refractivity contribution in [2.75, 3.05) is 6.54 Å². The third kappa shape index (κ3) is 5.87. The molecule has 0 radical (unpaired) electrons. The summed E-state index contributed by atoms with van der Waals surface area (Å²) < 4.78 is 7.83. The molecule has 0 unspecified atom stereocenters. The van der Waals surface area contributed by atoms with Gasteiger partial charge in [0, 0.05) is 29.4 Å². The maximum absolute atomic E-state index is 13.6. The van der Waals surface area contributed by atoms with Crippen LogP contribution < -0.4 is 4.74 Å². The number of para-hydroxylation sites is 1. The number of amides is 2. The number of imide groups is 1. The van der Waals surface area contributed by atoms with Crippen molar-refractivity contribution in [2.24, 2.45) is 5.92 Å². The van der Waals surface area contributed by atoms with E-state index in [4.69, 9.17) is 9.84 Å². The molecule has 0 saturated heterocycles. The Kier molecular flexibility index (Phi) is 7.93. The summed E-state index contributed by atoms with van der Waals surface area (Å²) in [4.78, 5) is 27.7. The zero-order valence-electron chi connectivity index (χ0n) is 23.2. The lowest BCUT2D eigenvalue weighted by molar-refractivity contribution is -0.141. The van der Waals surface area contributed by atoms with Gasteiger partial charge >= 0.3 is 0 Å². The third-order valence-corrected chi connectivity index (χ3v) is 6.79. The van der Waals surface area contributed by atoms with E-state index < -0.39 is 11.8 Å². The molecule has 4 aromatic rings. The first-order valence-corrected chi connectivity index (χ1v) is 13.5. The van der Waals surface area contributed by atoms with Gasteiger partial charge in [-0.2, -0.15) is 10.4 Å². The van der Waals surface area contributed by atoms with Gasteiger partial charge in [0.1, 0.15) is 29.7 Å². The Morgan fingerprint density at radius 1 is 0.951 bits per heavy atom. The quantitative estimate of drug-likeness (QED) is 0.191. The molecule has 7 heteroatoms. The number of nitrogens with zero attached hydrogens (tertiary/aromatic N) is 4. The van der Waals surface area contributed by atoms with E-state index >= 15 is 0 Å². The van der Waals surface area contributed by atoms with Gasteiger partial charge in [-0.1, -0.05) is 74.5 Å². The van der Waals surface area contributed by atoms with Crippen LogP contribution in [0.4, 0.5) is 0 Å². The van der Waals surface area contributed by atoms with Gasteiger partial charge in [-0.25, -0.2) is 4.68 Å². The summed E-state index contributed by atoms with van der Waals surface area (Å²) in [5.74, 6) is -0.232. The molecule has 0 aliphatic carbocycles. The van der Waals surface area contributed by atoms with Gasteiger partial charge in [-0.05, 0) is 54.3 Å². The second kappa shape index (κ2) is 11.9. The molecular formula is C34H30N4O3. The molecule has 41 heavy (non-hydrogen) atoms. The highest BCUT2D eigenvalue weighted by Gasteiger charge is 2.36. The summed E-state index contributed by atoms with van der Waals surface area (Å²) >= 11 is 0. The lowest BCUT2D eigenvalue weighted by atomic mass is 9.92. The highest BCUT2D eigenvalue weighted by molar-refractivity contribution is 6.19. The summed E-state index contributed by atoms with van der Waals surface area (Å²) in [6, 6.07) is 29.3. The number of rotatable bonds is 8. The average Bonchev–Trinajstić information content (AvgIpc) is 3.42. The number of hydrogen-bond donors (Lipinski definition) is 0. The van der Waals surface area contributed by atoms with Crippen molar-refractivity contribution < 1.29 is 14.3 Å². The average molecular weight is 543 g/mol. The smallest absolute Gasteiger partial charge is 0.271 e. The van der Waals surface area contributed by atoms with E-state index in [2.05, 4.69) is 0 Å². The normalized spacial score (nSPS) is 14.6. The van der Waals surface area contributed by atoms with E-state index in [1.54, 1.807) is 17.7 Å². The van der Waals surface area contributed by atoms with Crippen LogP contribution in [0.15, 0.2) is 108 Å². The number of hydrogen-bond acceptors (Lipinski definition) is 5. The molecule has 0 saturated carbocycles. The summed E-state index contributed by atoms with van der Waals surface area (Å²) in [6.07, 6.45) is 3.58. The number of benzene rings is 3. The second-order valence-electron chi connectivity index (χ2n) is 10.3. The van der Waals surface area contributed by atoms with Gasteiger partial charge in [-0.3, -0.25) is 14.5 Å². The number of carbonyl (C=O) groups is 2. The molecule has 3 aromatic carbocycles. The van der Waals surface area contributed by atoms with E-state index in [0.717, 1.165) is 16.8 Å². The van der Waals surface area contributed by atoms with E-state index in [0.29, 0.717) is 34.8 Å². The summed E-state index contributed by atoms with van der Waals surface area (Å²) in [6.45, 7) is 6.15. The van der Waals surface area contributed by atoms with Crippen LogP contribution >= 0.6 is 0 Å². The van der Waals surface area contributed by atoms with E-state index in [9.17, 15) is 14.9 Å². The molecule has 0 spiro atoms. The van der Waals surface area contributed by atoms with Crippen molar-refractivity contribution in [3.05, 3.63) is 119 Å². The number of ether oxygens (including phenoxy) is 1. The lowest BCUT2D eigenvalue weighted by Gasteiger charge is -2.28. The minimum atomic E-state index is -0.552. The van der Waals surface area contributed by atoms with Crippen molar-refractivity contribution >= 4 is 17.9 Å². The first kappa shape index (κ1) is 27.4. The Labute approximate surface area is 239 Å². The fraction of sp³-hybridized carbons (Fsp3) is 0.176. The van der Waals surface area contributed by atoms with Gasteiger partial charge in [0.25, 0.3) is 11.8 Å². The lowest BCUT2D eigenvalue weighted by Crippen LogP contribution is -2.44. The zero-order chi connectivity index (χ0) is 28.9. The molecule has 204 valence electrons. The topological polar surface area (TPSA) is 88.2 Å². The van der Waals surface area contributed by atoms with Gasteiger partial charge in [0.2, 0.25) is 0 Å². The van der Waals surface area contributed by atoms with Crippen LogP contribution in [0.1, 0.15) is 31.9 Å². The monoisotopic (exact) mass is 542 g/mol. The first-order valence-electron chi connectivity index (χ1n) is 13.5. The number of nitriles is 1. The first-order chi connectivity index (χ1) is 19.9. The summed E-state index contributed by atoms with van der Waals surface area (Å²) in [5, 5.41) is 14.7. The molecule has 1 aliphatic heterocycles. The number of carbonyl (C=O) groups excluding carboxylic acids is 2. The van der Waals surface area contributed by atoms with Gasteiger partial charge in [0.05, 0.1) is 5.69 Å². The molecule has 1 aliphatic rings. The second-order valence-corrected chi connectivity index (χ2v) is 10.3. The van der Waals surface area contributed by atoms with Crippen LogP contribution in [-0.2, 0) is 16.2 Å². The molecule has 0 atom stereocenters. The largest absolute Gasteiger partial charge is 0.489 e. The van der Waals surface area contributed by atoms with Crippen molar-refractivity contribution in [2.45, 2.75) is 27.4 Å². The molecule has 0 bridgehead atoms. The molecule has 1 aromatic heterocycles. The molecule has 5 rings (SSSR count). The van der Waals surface area contributed by atoms with Crippen molar-refractivity contribution in [3.63, 3.8) is 0 Å². The minimum absolute atomic E-state index is 0.0233. The van der Waals surface area contributed by atoms with Crippen LogP contribution in [0, 0.1) is 17.2 Å². The molecule has 0 N–H and O–H groups in total. The van der Waals surface area contributed by atoms with E-state index in [1.807, 2.05) is 111 Å². The van der Waals surface area contributed by atoms with Crippen molar-refractivity contribution in [1.29, 1.82) is 5.26 Å². The Balaban J connectivity index is 1.60. The fourth-order valence-corrected chi connectivity index (χ4v) is 4.72. The van der Waals surface area contributed by atoms with E-state index in [1.165, 1.54) is 4.90 Å². The van der Waals surface area contributed by atoms with Crippen molar-refractivity contribution in [1.82, 2.24) is 14.7 Å². The van der Waals surface area contributed by atoms with Gasteiger partial charge in [0.15, 0.2) is 0 Å². The molecule has 0 fully saturated rings. The Bertz CT molecular complexity index is 1690. The van der Waals surface area contributed by atoms with Crippen LogP contribution in [0.5, 0.6) is 5.75 Å². The maximum atomic E-state index is 13.6. The van der Waals surface area contributed by atoms with Crippen LogP contribution in [0.2, 0.25) is 0 Å². The van der Waals surface area contributed by atoms with Gasteiger partial charge < -0.3 is 4.74 Å². The fourth-order valence-electron chi connectivity index (χ4n) is 4.72. The Morgan fingerprint density at radius 2 is 1.66 bits per heavy atom. The molecular weight excluding hydrogens is 512 g/mol. The summed E-state index contributed by atoms with van der Waals surface area (Å²) in [5.41, 5.74) is 4.66. The SMILES string of the molecule is CC1=C(C#N)C(=O)N(CC(C)C)C(=O)/C1=C/c1cn(-c2ccccc2)nc1-c1cccc(OCc2ccccc2)c1. The van der Waals surface area contributed by atoms with Crippen LogP contribution in [0.3, 0.4) is 0 Å². The minimum Gasteiger partial charge on any atom is -0.489 e. The Hall–Kier alpha value is -5.22. The van der Waals surface area contributed by atoms with Crippen molar-refractivity contribution in [3.8, 4) is 28.8 Å².